The summed E-state index contributed by atoms with van der Waals surface area (Å²) in [5.74, 6) is -0.182. The molecule has 1 heterocycles. The standard InChI is InChI=1S/C16H22N4O4S.ClH/c1-18-8-11-3-2-6-19(9-11)15(21)10-25-14-5-4-12(16(17)22)7-13(14)20(23)24;/h4-5,7,11,18H,2-3,6,8-10H2,1H3,(H2,17,22);1H. The Morgan fingerprint density at radius 3 is 2.81 bits per heavy atom. The number of primary amides is 1. The lowest BCUT2D eigenvalue weighted by Crippen LogP contribution is -2.43. The molecule has 26 heavy (non-hydrogen) atoms. The van der Waals surface area contributed by atoms with Crippen molar-refractivity contribution in [3.05, 3.63) is 33.9 Å². The summed E-state index contributed by atoms with van der Waals surface area (Å²) in [5.41, 5.74) is 5.03. The van der Waals surface area contributed by atoms with E-state index in [2.05, 4.69) is 5.32 Å². The van der Waals surface area contributed by atoms with Crippen molar-refractivity contribution in [3.8, 4) is 0 Å². The summed E-state index contributed by atoms with van der Waals surface area (Å²) in [7, 11) is 1.89. The van der Waals surface area contributed by atoms with E-state index < -0.39 is 10.8 Å². The number of rotatable bonds is 7. The molecule has 1 unspecified atom stereocenters. The summed E-state index contributed by atoms with van der Waals surface area (Å²) in [5, 5.41) is 14.3. The first-order valence-corrected chi connectivity index (χ1v) is 9.04. The molecule has 0 radical (unpaired) electrons. The Balaban J connectivity index is 0.00000338. The highest BCUT2D eigenvalue weighted by atomic mass is 35.5. The third-order valence-corrected chi connectivity index (χ3v) is 5.20. The maximum atomic E-state index is 12.4. The van der Waals surface area contributed by atoms with Crippen LogP contribution in [0.5, 0.6) is 0 Å². The third kappa shape index (κ3) is 5.86. The van der Waals surface area contributed by atoms with Gasteiger partial charge in [0.1, 0.15) is 0 Å². The first-order valence-electron chi connectivity index (χ1n) is 8.05. The number of nitro benzene ring substituents is 1. The molecular weight excluding hydrogens is 380 g/mol. The number of nitrogens with zero attached hydrogens (tertiary/aromatic N) is 2. The van der Waals surface area contributed by atoms with Gasteiger partial charge in [-0.15, -0.1) is 24.2 Å². The fourth-order valence-electron chi connectivity index (χ4n) is 2.91. The van der Waals surface area contributed by atoms with Crippen molar-refractivity contribution in [1.29, 1.82) is 0 Å². The Morgan fingerprint density at radius 1 is 1.46 bits per heavy atom. The maximum Gasteiger partial charge on any atom is 0.283 e. The molecule has 0 spiro atoms. The molecule has 1 atom stereocenters. The number of nitrogens with one attached hydrogen (secondary N) is 1. The van der Waals surface area contributed by atoms with Gasteiger partial charge < -0.3 is 16.0 Å². The first kappa shape index (κ1) is 22.2. The Kier molecular flexibility index (Phi) is 8.83. The Hall–Kier alpha value is -1.84. The second-order valence-electron chi connectivity index (χ2n) is 6.00. The highest BCUT2D eigenvalue weighted by Gasteiger charge is 2.24. The molecule has 144 valence electrons. The molecule has 0 bridgehead atoms. The van der Waals surface area contributed by atoms with E-state index in [4.69, 9.17) is 5.73 Å². The van der Waals surface area contributed by atoms with Crippen LogP contribution in [0.15, 0.2) is 23.1 Å². The normalized spacial score (nSPS) is 16.7. The van der Waals surface area contributed by atoms with Gasteiger partial charge in [-0.25, -0.2) is 0 Å². The molecule has 2 amide bonds. The molecule has 1 saturated heterocycles. The average Bonchev–Trinajstić information content (AvgIpc) is 2.59. The van der Waals surface area contributed by atoms with Gasteiger partial charge in [-0.05, 0) is 44.5 Å². The highest BCUT2D eigenvalue weighted by Crippen LogP contribution is 2.30. The fraction of sp³-hybridized carbons (Fsp3) is 0.500. The van der Waals surface area contributed by atoms with Gasteiger partial charge in [0.05, 0.1) is 15.6 Å². The predicted octanol–water partition coefficient (Wildman–Crippen LogP) is 1.67. The van der Waals surface area contributed by atoms with Crippen LogP contribution in [0.3, 0.4) is 0 Å². The van der Waals surface area contributed by atoms with Crippen LogP contribution in [0.4, 0.5) is 5.69 Å². The molecule has 8 nitrogen and oxygen atoms in total. The molecule has 0 saturated carbocycles. The quantitative estimate of drug-likeness (QED) is 0.406. The summed E-state index contributed by atoms with van der Waals surface area (Å²) in [4.78, 5) is 36.4. The molecule has 1 aliphatic rings. The average molecular weight is 403 g/mol. The Morgan fingerprint density at radius 2 is 2.19 bits per heavy atom. The molecule has 1 aromatic carbocycles. The molecule has 0 aromatic heterocycles. The van der Waals surface area contributed by atoms with Crippen molar-refractivity contribution in [2.24, 2.45) is 11.7 Å². The lowest BCUT2D eigenvalue weighted by atomic mass is 9.98. The second-order valence-corrected chi connectivity index (χ2v) is 7.02. The maximum absolute atomic E-state index is 12.4. The zero-order chi connectivity index (χ0) is 18.4. The fourth-order valence-corrected chi connectivity index (χ4v) is 3.82. The molecule has 1 aromatic rings. The molecular formula is C16H23ClN4O4S. The number of nitro groups is 1. The second kappa shape index (κ2) is 10.3. The monoisotopic (exact) mass is 402 g/mol. The smallest absolute Gasteiger partial charge is 0.283 e. The van der Waals surface area contributed by atoms with Crippen LogP contribution in [-0.2, 0) is 4.79 Å². The summed E-state index contributed by atoms with van der Waals surface area (Å²) in [6.07, 6.45) is 2.06. The van der Waals surface area contributed by atoms with Crippen LogP contribution >= 0.6 is 24.2 Å². The molecule has 2 rings (SSSR count). The van der Waals surface area contributed by atoms with E-state index in [1.165, 1.54) is 12.1 Å². The summed E-state index contributed by atoms with van der Waals surface area (Å²) in [6.45, 7) is 2.31. The van der Waals surface area contributed by atoms with E-state index in [9.17, 15) is 19.7 Å². The van der Waals surface area contributed by atoms with Gasteiger partial charge in [-0.3, -0.25) is 19.7 Å². The Labute approximate surface area is 162 Å². The minimum Gasteiger partial charge on any atom is -0.366 e. The number of likely N-dealkylation sites (tertiary alicyclic amines) is 1. The SMILES string of the molecule is CNCC1CCCN(C(=O)CSc2ccc(C(N)=O)cc2[N+](=O)[O-])C1.Cl. The van der Waals surface area contributed by atoms with Crippen molar-refractivity contribution in [2.45, 2.75) is 17.7 Å². The van der Waals surface area contributed by atoms with E-state index in [1.807, 2.05) is 11.9 Å². The number of halogens is 1. The number of nitrogens with two attached hydrogens (primary N) is 1. The number of piperidine rings is 1. The zero-order valence-electron chi connectivity index (χ0n) is 14.5. The number of thioether (sulfide) groups is 1. The minimum atomic E-state index is -0.723. The van der Waals surface area contributed by atoms with E-state index in [0.29, 0.717) is 17.4 Å². The van der Waals surface area contributed by atoms with Crippen molar-refractivity contribution in [3.63, 3.8) is 0 Å². The van der Waals surface area contributed by atoms with E-state index in [1.54, 1.807) is 0 Å². The predicted molar refractivity (Wildman–Crippen MR) is 103 cm³/mol. The van der Waals surface area contributed by atoms with Crippen LogP contribution in [0.1, 0.15) is 23.2 Å². The third-order valence-electron chi connectivity index (χ3n) is 4.16. The van der Waals surface area contributed by atoms with Gasteiger partial charge in [0, 0.05) is 24.7 Å². The molecule has 1 fully saturated rings. The molecule has 1 aliphatic heterocycles. The van der Waals surface area contributed by atoms with Gasteiger partial charge in [0.2, 0.25) is 11.8 Å². The van der Waals surface area contributed by atoms with Gasteiger partial charge in [0.15, 0.2) is 0 Å². The molecule has 10 heteroatoms. The van der Waals surface area contributed by atoms with Crippen molar-refractivity contribution in [1.82, 2.24) is 10.2 Å². The lowest BCUT2D eigenvalue weighted by molar-refractivity contribution is -0.387. The number of carbonyl (C=O) groups excluding carboxylic acids is 2. The summed E-state index contributed by atoms with van der Waals surface area (Å²) in [6, 6.07) is 4.06. The summed E-state index contributed by atoms with van der Waals surface area (Å²) < 4.78 is 0. The zero-order valence-corrected chi connectivity index (χ0v) is 16.1. The lowest BCUT2D eigenvalue weighted by Gasteiger charge is -2.32. The van der Waals surface area contributed by atoms with E-state index in [-0.39, 0.29) is 35.3 Å². The number of amides is 2. The van der Waals surface area contributed by atoms with Gasteiger partial charge in [0.25, 0.3) is 5.69 Å². The van der Waals surface area contributed by atoms with E-state index in [0.717, 1.165) is 43.8 Å². The number of hydrogen-bond acceptors (Lipinski definition) is 6. The number of carbonyl (C=O) groups is 2. The van der Waals surface area contributed by atoms with Crippen LogP contribution in [0, 0.1) is 16.0 Å². The molecule has 0 aliphatic carbocycles. The number of benzene rings is 1. The summed E-state index contributed by atoms with van der Waals surface area (Å²) >= 11 is 1.11. The van der Waals surface area contributed by atoms with Crippen molar-refractivity contribution < 1.29 is 14.5 Å². The van der Waals surface area contributed by atoms with Crippen LogP contribution in [-0.4, -0.2) is 54.1 Å². The Bertz CT molecular complexity index is 672. The van der Waals surface area contributed by atoms with Crippen molar-refractivity contribution in [2.75, 3.05) is 32.4 Å². The van der Waals surface area contributed by atoms with Gasteiger partial charge in [-0.1, -0.05) is 0 Å². The largest absolute Gasteiger partial charge is 0.366 e. The first-order chi connectivity index (χ1) is 11.9. The van der Waals surface area contributed by atoms with Crippen LogP contribution in [0.25, 0.3) is 0 Å². The van der Waals surface area contributed by atoms with Crippen molar-refractivity contribution >= 4 is 41.7 Å². The van der Waals surface area contributed by atoms with Crippen LogP contribution < -0.4 is 11.1 Å². The van der Waals surface area contributed by atoms with Gasteiger partial charge in [-0.2, -0.15) is 0 Å². The topological polar surface area (TPSA) is 119 Å². The number of hydrogen-bond donors (Lipinski definition) is 2. The highest BCUT2D eigenvalue weighted by molar-refractivity contribution is 8.00. The van der Waals surface area contributed by atoms with Crippen LogP contribution in [0.2, 0.25) is 0 Å². The molecule has 3 N–H and O–H groups in total. The van der Waals surface area contributed by atoms with Gasteiger partial charge >= 0.3 is 0 Å². The minimum absolute atomic E-state index is 0. The van der Waals surface area contributed by atoms with E-state index >= 15 is 0 Å².